The quantitative estimate of drug-likeness (QED) is 0.436. The number of likely N-dealkylation sites (tertiary alicyclic amines) is 1. The van der Waals surface area contributed by atoms with E-state index < -0.39 is 5.60 Å². The Morgan fingerprint density at radius 1 is 1.44 bits per heavy atom. The summed E-state index contributed by atoms with van der Waals surface area (Å²) in [6, 6.07) is 0.186. The third-order valence-corrected chi connectivity index (χ3v) is 4.52. The second-order valence-corrected chi connectivity index (χ2v) is 8.11. The molecule has 2 aliphatic rings. The van der Waals surface area contributed by atoms with Crippen molar-refractivity contribution in [1.82, 2.24) is 15.5 Å². The van der Waals surface area contributed by atoms with Gasteiger partial charge in [0.1, 0.15) is 5.60 Å². The maximum atomic E-state index is 12.3. The van der Waals surface area contributed by atoms with Gasteiger partial charge < -0.3 is 25.0 Å². The van der Waals surface area contributed by atoms with E-state index in [2.05, 4.69) is 23.6 Å². The van der Waals surface area contributed by atoms with Gasteiger partial charge in [0.2, 0.25) is 0 Å². The number of amides is 1. The minimum absolute atomic E-state index is 0.186. The van der Waals surface area contributed by atoms with Crippen LogP contribution in [0.2, 0.25) is 0 Å². The first-order chi connectivity index (χ1) is 12.9. The zero-order chi connectivity index (χ0) is 19.7. The second-order valence-electron chi connectivity index (χ2n) is 8.11. The van der Waals surface area contributed by atoms with Gasteiger partial charge in [-0.1, -0.05) is 11.6 Å². The minimum Gasteiger partial charge on any atom is -0.444 e. The summed E-state index contributed by atoms with van der Waals surface area (Å²) in [4.78, 5) is 18.8. The van der Waals surface area contributed by atoms with E-state index in [1.54, 1.807) is 4.90 Å². The SMILES string of the molecule is CCNC(=NCCC1=CCOCC1)NC1CCCN(C(=O)OC(C)(C)C)C1. The lowest BCUT2D eigenvalue weighted by Crippen LogP contribution is -2.53. The van der Waals surface area contributed by atoms with Crippen LogP contribution in [0.3, 0.4) is 0 Å². The number of piperidine rings is 1. The fourth-order valence-corrected chi connectivity index (χ4v) is 3.20. The van der Waals surface area contributed by atoms with Gasteiger partial charge in [-0.15, -0.1) is 0 Å². The van der Waals surface area contributed by atoms with Crippen LogP contribution in [0.25, 0.3) is 0 Å². The highest BCUT2D eigenvalue weighted by atomic mass is 16.6. The Hall–Kier alpha value is -1.76. The largest absolute Gasteiger partial charge is 0.444 e. The Bertz CT molecular complexity index is 540. The van der Waals surface area contributed by atoms with Gasteiger partial charge in [0.25, 0.3) is 0 Å². The maximum absolute atomic E-state index is 12.3. The highest BCUT2D eigenvalue weighted by Crippen LogP contribution is 2.15. The molecule has 0 aliphatic carbocycles. The van der Waals surface area contributed by atoms with Gasteiger partial charge in [-0.05, 0) is 53.4 Å². The first-order valence-electron chi connectivity index (χ1n) is 10.2. The van der Waals surface area contributed by atoms with E-state index in [0.29, 0.717) is 6.54 Å². The van der Waals surface area contributed by atoms with E-state index in [1.807, 2.05) is 20.8 Å². The zero-order valence-corrected chi connectivity index (χ0v) is 17.3. The van der Waals surface area contributed by atoms with Gasteiger partial charge in [-0.2, -0.15) is 0 Å². The van der Waals surface area contributed by atoms with E-state index >= 15 is 0 Å². The number of carbonyl (C=O) groups is 1. The molecule has 2 rings (SSSR count). The molecular weight excluding hydrogens is 344 g/mol. The number of nitrogens with zero attached hydrogens (tertiary/aromatic N) is 2. The molecule has 1 atom stereocenters. The Balaban J connectivity index is 1.85. The average molecular weight is 381 g/mol. The molecule has 0 aromatic rings. The molecule has 0 aromatic heterocycles. The van der Waals surface area contributed by atoms with Gasteiger partial charge in [0, 0.05) is 32.2 Å². The third kappa shape index (κ3) is 8.20. The van der Waals surface area contributed by atoms with Crippen molar-refractivity contribution in [3.8, 4) is 0 Å². The molecule has 27 heavy (non-hydrogen) atoms. The molecule has 0 spiro atoms. The fraction of sp³-hybridized carbons (Fsp3) is 0.800. The van der Waals surface area contributed by atoms with Crippen molar-refractivity contribution in [2.45, 2.75) is 65.0 Å². The number of guanidine groups is 1. The van der Waals surface area contributed by atoms with Gasteiger partial charge in [-0.25, -0.2) is 4.79 Å². The summed E-state index contributed by atoms with van der Waals surface area (Å²) in [6.45, 7) is 12.2. The highest BCUT2D eigenvalue weighted by molar-refractivity contribution is 5.80. The first-order valence-corrected chi connectivity index (χ1v) is 10.2. The summed E-state index contributed by atoms with van der Waals surface area (Å²) in [6.07, 6.45) is 5.89. The Morgan fingerprint density at radius 2 is 2.26 bits per heavy atom. The Morgan fingerprint density at radius 3 is 2.93 bits per heavy atom. The summed E-state index contributed by atoms with van der Waals surface area (Å²) in [5.41, 5.74) is 0.960. The average Bonchev–Trinajstić information content (AvgIpc) is 2.61. The maximum Gasteiger partial charge on any atom is 0.410 e. The number of nitrogens with one attached hydrogen (secondary N) is 2. The molecule has 1 amide bonds. The molecule has 7 nitrogen and oxygen atoms in total. The Kier molecular flexibility index (Phi) is 8.41. The lowest BCUT2D eigenvalue weighted by atomic mass is 10.1. The van der Waals surface area contributed by atoms with Crippen LogP contribution in [-0.4, -0.2) is 68.0 Å². The number of hydrogen-bond acceptors (Lipinski definition) is 4. The molecule has 0 aromatic carbocycles. The van der Waals surface area contributed by atoms with Crippen molar-refractivity contribution in [2.75, 3.05) is 39.4 Å². The van der Waals surface area contributed by atoms with Gasteiger partial charge in [0.15, 0.2) is 5.96 Å². The molecule has 1 fully saturated rings. The summed E-state index contributed by atoms with van der Waals surface area (Å²) in [7, 11) is 0. The van der Waals surface area contributed by atoms with Crippen molar-refractivity contribution in [1.29, 1.82) is 0 Å². The normalized spacial score (nSPS) is 21.5. The van der Waals surface area contributed by atoms with Crippen LogP contribution in [0, 0.1) is 0 Å². The van der Waals surface area contributed by atoms with Gasteiger partial charge in [-0.3, -0.25) is 4.99 Å². The van der Waals surface area contributed by atoms with E-state index in [4.69, 9.17) is 14.5 Å². The molecule has 2 N–H and O–H groups in total. The summed E-state index contributed by atoms with van der Waals surface area (Å²) < 4.78 is 10.9. The highest BCUT2D eigenvalue weighted by Gasteiger charge is 2.28. The summed E-state index contributed by atoms with van der Waals surface area (Å²) >= 11 is 0. The Labute approximate surface area is 163 Å². The standard InChI is InChI=1S/C20H36N4O3/c1-5-21-18(22-11-8-16-9-13-26-14-10-16)23-17-7-6-12-24(15-17)19(25)27-20(2,3)4/h9,17H,5-8,10-15H2,1-4H3,(H2,21,22,23). The van der Waals surface area contributed by atoms with E-state index in [1.165, 1.54) is 5.57 Å². The molecule has 0 radical (unpaired) electrons. The molecule has 1 saturated heterocycles. The predicted octanol–water partition coefficient (Wildman–Crippen LogP) is 2.68. The summed E-state index contributed by atoms with van der Waals surface area (Å²) in [5, 5.41) is 6.80. The molecule has 0 bridgehead atoms. The lowest BCUT2D eigenvalue weighted by molar-refractivity contribution is 0.0193. The van der Waals surface area contributed by atoms with Crippen LogP contribution < -0.4 is 10.6 Å². The van der Waals surface area contributed by atoms with Crippen molar-refractivity contribution >= 4 is 12.1 Å². The topological polar surface area (TPSA) is 75.2 Å². The van der Waals surface area contributed by atoms with Crippen molar-refractivity contribution in [3.05, 3.63) is 11.6 Å². The second kappa shape index (κ2) is 10.5. The monoisotopic (exact) mass is 380 g/mol. The van der Waals surface area contributed by atoms with Crippen LogP contribution in [0.5, 0.6) is 0 Å². The summed E-state index contributed by atoms with van der Waals surface area (Å²) in [5.74, 6) is 0.821. The molecule has 7 heteroatoms. The molecule has 2 aliphatic heterocycles. The van der Waals surface area contributed by atoms with Crippen LogP contribution in [0.4, 0.5) is 4.79 Å². The third-order valence-electron chi connectivity index (χ3n) is 4.52. The van der Waals surface area contributed by atoms with Crippen molar-refractivity contribution < 1.29 is 14.3 Å². The lowest BCUT2D eigenvalue weighted by Gasteiger charge is -2.35. The van der Waals surface area contributed by atoms with Crippen molar-refractivity contribution in [2.24, 2.45) is 4.99 Å². The minimum atomic E-state index is -0.466. The van der Waals surface area contributed by atoms with E-state index in [0.717, 1.165) is 64.5 Å². The van der Waals surface area contributed by atoms with E-state index in [-0.39, 0.29) is 12.1 Å². The van der Waals surface area contributed by atoms with Crippen LogP contribution in [0.1, 0.15) is 53.4 Å². The molecule has 2 heterocycles. The predicted molar refractivity (Wildman–Crippen MR) is 108 cm³/mol. The fourth-order valence-electron chi connectivity index (χ4n) is 3.20. The van der Waals surface area contributed by atoms with E-state index in [9.17, 15) is 4.79 Å². The number of ether oxygens (including phenoxy) is 2. The molecule has 1 unspecified atom stereocenters. The molecule has 154 valence electrons. The van der Waals surface area contributed by atoms with Gasteiger partial charge >= 0.3 is 6.09 Å². The van der Waals surface area contributed by atoms with Crippen LogP contribution in [-0.2, 0) is 9.47 Å². The molecular formula is C20H36N4O3. The zero-order valence-electron chi connectivity index (χ0n) is 17.3. The smallest absolute Gasteiger partial charge is 0.410 e. The first kappa shape index (κ1) is 21.5. The van der Waals surface area contributed by atoms with Crippen LogP contribution in [0.15, 0.2) is 16.6 Å². The van der Waals surface area contributed by atoms with Crippen molar-refractivity contribution in [3.63, 3.8) is 0 Å². The number of hydrogen-bond donors (Lipinski definition) is 2. The van der Waals surface area contributed by atoms with Gasteiger partial charge in [0.05, 0.1) is 13.2 Å². The van der Waals surface area contributed by atoms with Crippen LogP contribution >= 0.6 is 0 Å². The molecule has 0 saturated carbocycles. The number of carbonyl (C=O) groups excluding carboxylic acids is 1. The number of rotatable bonds is 5. The number of aliphatic imine (C=N–C) groups is 1.